The maximum Gasteiger partial charge on any atom is 0.318 e. The van der Waals surface area contributed by atoms with Gasteiger partial charge in [-0.25, -0.2) is 4.79 Å². The molecule has 22 heavy (non-hydrogen) atoms. The van der Waals surface area contributed by atoms with Crippen LogP contribution in [0.15, 0.2) is 47.2 Å². The first-order valence-electron chi connectivity index (χ1n) is 7.70. The van der Waals surface area contributed by atoms with E-state index in [1.54, 1.807) is 12.5 Å². The quantitative estimate of drug-likeness (QED) is 0.916. The number of amides is 2. The normalized spacial score (nSPS) is 16.8. The van der Waals surface area contributed by atoms with Crippen molar-refractivity contribution in [2.24, 2.45) is 0 Å². The molecule has 2 amide bonds. The Morgan fingerprint density at radius 1 is 1.32 bits per heavy atom. The van der Waals surface area contributed by atoms with Gasteiger partial charge < -0.3 is 14.6 Å². The van der Waals surface area contributed by atoms with Crippen molar-refractivity contribution in [1.29, 1.82) is 0 Å². The van der Waals surface area contributed by atoms with Gasteiger partial charge in [0, 0.05) is 12.2 Å². The van der Waals surface area contributed by atoms with Crippen molar-refractivity contribution in [3.8, 4) is 0 Å². The second kappa shape index (κ2) is 6.22. The average Bonchev–Trinajstić information content (AvgIpc) is 3.20. The van der Waals surface area contributed by atoms with Crippen molar-refractivity contribution in [3.05, 3.63) is 54.2 Å². The lowest BCUT2D eigenvalue weighted by Crippen LogP contribution is -2.43. The van der Waals surface area contributed by atoms with Gasteiger partial charge in [0.15, 0.2) is 0 Å². The molecule has 116 valence electrons. The Labute approximate surface area is 130 Å². The highest BCUT2D eigenvalue weighted by Crippen LogP contribution is 2.34. The first-order valence-corrected chi connectivity index (χ1v) is 7.70. The van der Waals surface area contributed by atoms with Gasteiger partial charge in [0.05, 0.1) is 24.0 Å². The minimum Gasteiger partial charge on any atom is -0.467 e. The number of pyridine rings is 1. The number of rotatable bonds is 5. The zero-order valence-corrected chi connectivity index (χ0v) is 12.9. The summed E-state index contributed by atoms with van der Waals surface area (Å²) in [5, 5.41) is 3.04. The maximum absolute atomic E-state index is 12.7. The van der Waals surface area contributed by atoms with E-state index in [0.717, 1.165) is 24.3 Å². The molecule has 3 rings (SSSR count). The number of hydrogen-bond acceptors (Lipinski definition) is 3. The summed E-state index contributed by atoms with van der Waals surface area (Å²) in [6.45, 7) is 3.95. The standard InChI is InChI=1S/C17H21N3O2/c1-12(15-6-3-4-10-18-15)19-17(21)20(14-8-9-14)13(2)16-7-5-11-22-16/h3-7,10-14H,8-9H2,1-2H3,(H,19,21). The van der Waals surface area contributed by atoms with Crippen molar-refractivity contribution < 1.29 is 9.21 Å². The van der Waals surface area contributed by atoms with E-state index in [1.165, 1.54) is 0 Å². The second-order valence-corrected chi connectivity index (χ2v) is 5.76. The minimum atomic E-state index is -0.126. The van der Waals surface area contributed by atoms with Gasteiger partial charge in [0.2, 0.25) is 0 Å². The number of carbonyl (C=O) groups is 1. The van der Waals surface area contributed by atoms with Gasteiger partial charge in [-0.05, 0) is 51.0 Å². The van der Waals surface area contributed by atoms with Crippen molar-refractivity contribution in [3.63, 3.8) is 0 Å². The summed E-state index contributed by atoms with van der Waals surface area (Å²) in [5.74, 6) is 0.813. The summed E-state index contributed by atoms with van der Waals surface area (Å²) in [6, 6.07) is 9.52. The van der Waals surface area contributed by atoms with Crippen molar-refractivity contribution in [2.45, 2.75) is 44.8 Å². The summed E-state index contributed by atoms with van der Waals surface area (Å²) in [6.07, 6.45) is 5.49. The third-order valence-corrected chi connectivity index (χ3v) is 4.02. The first kappa shape index (κ1) is 14.6. The Morgan fingerprint density at radius 3 is 2.73 bits per heavy atom. The van der Waals surface area contributed by atoms with E-state index in [9.17, 15) is 4.79 Å². The second-order valence-electron chi connectivity index (χ2n) is 5.76. The third-order valence-electron chi connectivity index (χ3n) is 4.02. The van der Waals surface area contributed by atoms with Crippen LogP contribution >= 0.6 is 0 Å². The molecule has 0 aromatic carbocycles. The summed E-state index contributed by atoms with van der Waals surface area (Å²) in [5.41, 5.74) is 0.859. The van der Waals surface area contributed by atoms with Crippen LogP contribution in [-0.4, -0.2) is 22.0 Å². The van der Waals surface area contributed by atoms with Gasteiger partial charge in [0.25, 0.3) is 0 Å². The molecule has 2 aromatic rings. The lowest BCUT2D eigenvalue weighted by atomic mass is 10.2. The van der Waals surface area contributed by atoms with Gasteiger partial charge in [-0.1, -0.05) is 6.07 Å². The van der Waals surface area contributed by atoms with E-state index in [2.05, 4.69) is 10.3 Å². The Bertz CT molecular complexity index is 608. The van der Waals surface area contributed by atoms with Crippen LogP contribution in [0.5, 0.6) is 0 Å². The third kappa shape index (κ3) is 3.13. The first-order chi connectivity index (χ1) is 10.7. The molecule has 2 heterocycles. The zero-order valence-electron chi connectivity index (χ0n) is 12.9. The lowest BCUT2D eigenvalue weighted by molar-refractivity contribution is 0.163. The fourth-order valence-corrected chi connectivity index (χ4v) is 2.64. The molecule has 0 saturated heterocycles. The molecule has 5 heteroatoms. The SMILES string of the molecule is CC(NC(=O)N(C1CC1)C(C)c1ccco1)c1ccccn1. The number of urea groups is 1. The van der Waals surface area contributed by atoms with Gasteiger partial charge >= 0.3 is 6.03 Å². The van der Waals surface area contributed by atoms with Gasteiger partial charge in [-0.3, -0.25) is 4.98 Å². The number of furan rings is 1. The van der Waals surface area contributed by atoms with E-state index >= 15 is 0 Å². The average molecular weight is 299 g/mol. The monoisotopic (exact) mass is 299 g/mol. The molecule has 5 nitrogen and oxygen atoms in total. The number of nitrogens with zero attached hydrogens (tertiary/aromatic N) is 2. The molecule has 0 radical (unpaired) electrons. The molecule has 2 atom stereocenters. The predicted octanol–water partition coefficient (Wildman–Crippen LogP) is 3.67. The van der Waals surface area contributed by atoms with Crippen LogP contribution in [-0.2, 0) is 0 Å². The van der Waals surface area contributed by atoms with E-state index in [4.69, 9.17) is 4.42 Å². The van der Waals surface area contributed by atoms with Crippen LogP contribution in [0.25, 0.3) is 0 Å². The highest BCUT2D eigenvalue weighted by atomic mass is 16.3. The molecule has 1 aliphatic carbocycles. The number of carbonyl (C=O) groups excluding carboxylic acids is 1. The summed E-state index contributed by atoms with van der Waals surface area (Å²) < 4.78 is 5.46. The smallest absolute Gasteiger partial charge is 0.318 e. The predicted molar refractivity (Wildman–Crippen MR) is 83.2 cm³/mol. The fraction of sp³-hybridized carbons (Fsp3) is 0.412. The largest absolute Gasteiger partial charge is 0.467 e. The van der Waals surface area contributed by atoms with E-state index < -0.39 is 0 Å². The Balaban J connectivity index is 1.71. The lowest BCUT2D eigenvalue weighted by Gasteiger charge is -2.29. The highest BCUT2D eigenvalue weighted by Gasteiger charge is 2.37. The molecule has 2 aromatic heterocycles. The molecule has 1 saturated carbocycles. The highest BCUT2D eigenvalue weighted by molar-refractivity contribution is 5.75. The zero-order chi connectivity index (χ0) is 15.5. The summed E-state index contributed by atoms with van der Waals surface area (Å²) >= 11 is 0. The topological polar surface area (TPSA) is 58.4 Å². The summed E-state index contributed by atoms with van der Waals surface area (Å²) in [7, 11) is 0. The van der Waals surface area contributed by atoms with Crippen molar-refractivity contribution in [2.75, 3.05) is 0 Å². The van der Waals surface area contributed by atoms with Crippen LogP contribution < -0.4 is 5.32 Å². The van der Waals surface area contributed by atoms with Crippen LogP contribution in [0.3, 0.4) is 0 Å². The van der Waals surface area contributed by atoms with Crippen LogP contribution in [0, 0.1) is 0 Å². The molecule has 0 aliphatic heterocycles. The number of aromatic nitrogens is 1. The molecule has 1 aliphatic rings. The Hall–Kier alpha value is -2.30. The van der Waals surface area contributed by atoms with Crippen LogP contribution in [0.4, 0.5) is 4.79 Å². The summed E-state index contributed by atoms with van der Waals surface area (Å²) in [4.78, 5) is 18.9. The Morgan fingerprint density at radius 2 is 2.14 bits per heavy atom. The minimum absolute atomic E-state index is 0.0652. The molecule has 0 bridgehead atoms. The molecular weight excluding hydrogens is 278 g/mol. The fourth-order valence-electron chi connectivity index (χ4n) is 2.64. The molecule has 1 N–H and O–H groups in total. The van der Waals surface area contributed by atoms with Gasteiger partial charge in [-0.2, -0.15) is 0 Å². The molecule has 1 fully saturated rings. The van der Waals surface area contributed by atoms with Gasteiger partial charge in [-0.15, -0.1) is 0 Å². The number of nitrogens with one attached hydrogen (secondary N) is 1. The van der Waals surface area contributed by atoms with Crippen LogP contribution in [0.2, 0.25) is 0 Å². The van der Waals surface area contributed by atoms with E-state index in [-0.39, 0.29) is 18.1 Å². The molecule has 0 spiro atoms. The van der Waals surface area contributed by atoms with Crippen LogP contribution in [0.1, 0.15) is 50.2 Å². The van der Waals surface area contributed by atoms with E-state index in [0.29, 0.717) is 6.04 Å². The molecular formula is C17H21N3O2. The maximum atomic E-state index is 12.7. The Kier molecular flexibility index (Phi) is 4.13. The van der Waals surface area contributed by atoms with Crippen molar-refractivity contribution in [1.82, 2.24) is 15.2 Å². The number of hydrogen-bond donors (Lipinski definition) is 1. The molecule has 2 unspecified atom stereocenters. The van der Waals surface area contributed by atoms with Crippen molar-refractivity contribution >= 4 is 6.03 Å². The van der Waals surface area contributed by atoms with E-state index in [1.807, 2.05) is 49.1 Å². The van der Waals surface area contributed by atoms with Gasteiger partial charge in [0.1, 0.15) is 5.76 Å².